The number of carbonyl (C=O) groups is 2. The number of piperidine rings is 1. The van der Waals surface area contributed by atoms with Crippen LogP contribution in [0, 0.1) is 11.6 Å². The highest BCUT2D eigenvalue weighted by Gasteiger charge is 2.32. The number of hydrogen-bond acceptors (Lipinski definition) is 3. The van der Waals surface area contributed by atoms with E-state index in [0.29, 0.717) is 6.42 Å². The lowest BCUT2D eigenvalue weighted by Gasteiger charge is -2.30. The number of halogens is 2. The van der Waals surface area contributed by atoms with Gasteiger partial charge in [0, 0.05) is 25.1 Å². The molecule has 2 unspecified atom stereocenters. The third kappa shape index (κ3) is 2.85. The lowest BCUT2D eigenvalue weighted by atomic mass is 10.0. The Bertz CT molecular complexity index is 548. The van der Waals surface area contributed by atoms with Crippen LogP contribution in [0.4, 0.5) is 8.78 Å². The Labute approximate surface area is 115 Å². The molecule has 0 aliphatic carbocycles. The predicted octanol–water partition coefficient (Wildman–Crippen LogP) is 1.76. The van der Waals surface area contributed by atoms with Crippen molar-refractivity contribution in [1.29, 1.82) is 0 Å². The first-order valence-electron chi connectivity index (χ1n) is 6.41. The Morgan fingerprint density at radius 1 is 1.35 bits per heavy atom. The van der Waals surface area contributed by atoms with Crippen LogP contribution in [0.15, 0.2) is 18.2 Å². The molecular weight excluding hydrogens is 266 g/mol. The Balaban J connectivity index is 2.11. The van der Waals surface area contributed by atoms with Crippen LogP contribution in [0.3, 0.4) is 0 Å². The second-order valence-corrected chi connectivity index (χ2v) is 4.94. The molecule has 0 radical (unpaired) electrons. The monoisotopic (exact) mass is 282 g/mol. The van der Waals surface area contributed by atoms with E-state index in [1.165, 1.54) is 7.05 Å². The van der Waals surface area contributed by atoms with Crippen LogP contribution in [-0.2, 0) is 9.59 Å². The van der Waals surface area contributed by atoms with Crippen molar-refractivity contribution in [2.24, 2.45) is 0 Å². The molecule has 1 fully saturated rings. The summed E-state index contributed by atoms with van der Waals surface area (Å²) in [5.74, 6) is -1.63. The first-order chi connectivity index (χ1) is 9.40. The van der Waals surface area contributed by atoms with Gasteiger partial charge in [-0.2, -0.15) is 0 Å². The van der Waals surface area contributed by atoms with Crippen molar-refractivity contribution in [2.45, 2.75) is 31.8 Å². The Kier molecular flexibility index (Phi) is 4.13. The van der Waals surface area contributed by atoms with E-state index in [1.807, 2.05) is 0 Å². The summed E-state index contributed by atoms with van der Waals surface area (Å²) in [7, 11) is 1.42. The van der Waals surface area contributed by atoms with Crippen LogP contribution < -0.4 is 5.32 Å². The van der Waals surface area contributed by atoms with Gasteiger partial charge in [-0.25, -0.2) is 8.78 Å². The molecule has 1 N–H and O–H groups in total. The molecule has 2 rings (SSSR count). The lowest BCUT2D eigenvalue weighted by molar-refractivity contribution is -0.148. The van der Waals surface area contributed by atoms with Crippen molar-refractivity contribution in [2.75, 3.05) is 7.05 Å². The van der Waals surface area contributed by atoms with Gasteiger partial charge in [-0.1, -0.05) is 0 Å². The topological polar surface area (TPSA) is 49.4 Å². The quantitative estimate of drug-likeness (QED) is 0.859. The average molecular weight is 282 g/mol. The van der Waals surface area contributed by atoms with E-state index >= 15 is 0 Å². The Morgan fingerprint density at radius 2 is 2.05 bits per heavy atom. The summed E-state index contributed by atoms with van der Waals surface area (Å²) in [5, 5.41) is 2.95. The third-order valence-electron chi connectivity index (χ3n) is 3.53. The molecule has 20 heavy (non-hydrogen) atoms. The van der Waals surface area contributed by atoms with Gasteiger partial charge in [-0.05, 0) is 31.5 Å². The molecule has 0 aromatic heterocycles. The van der Waals surface area contributed by atoms with Crippen LogP contribution in [-0.4, -0.2) is 29.8 Å². The fourth-order valence-electron chi connectivity index (χ4n) is 2.31. The number of nitrogens with zero attached hydrogens (tertiary/aromatic N) is 1. The third-order valence-corrected chi connectivity index (χ3v) is 3.53. The van der Waals surface area contributed by atoms with E-state index in [-0.39, 0.29) is 23.8 Å². The minimum Gasteiger partial charge on any atom is -0.299 e. The molecule has 2 amide bonds. The van der Waals surface area contributed by atoms with E-state index in [9.17, 15) is 18.4 Å². The molecule has 1 aromatic rings. The van der Waals surface area contributed by atoms with E-state index < -0.39 is 23.7 Å². The molecule has 1 saturated heterocycles. The number of hydrogen-bond donors (Lipinski definition) is 1. The number of nitrogens with one attached hydrogen (secondary N) is 1. The SMILES string of the molecule is CC(NC1CCC(=O)N(C)C1=O)c1cc(F)ccc1F. The Hall–Kier alpha value is -1.82. The van der Waals surface area contributed by atoms with Crippen molar-refractivity contribution in [3.05, 3.63) is 35.4 Å². The van der Waals surface area contributed by atoms with Crippen LogP contribution in [0.5, 0.6) is 0 Å². The zero-order valence-electron chi connectivity index (χ0n) is 11.3. The minimum atomic E-state index is -0.560. The molecule has 2 atom stereocenters. The fraction of sp³-hybridized carbons (Fsp3) is 0.429. The second-order valence-electron chi connectivity index (χ2n) is 4.94. The standard InChI is InChI=1S/C14H16F2N2O2/c1-8(10-7-9(15)3-4-11(10)16)17-12-5-6-13(19)18(2)14(12)20/h3-4,7-8,12,17H,5-6H2,1-2H3. The highest BCUT2D eigenvalue weighted by Crippen LogP contribution is 2.21. The first-order valence-corrected chi connectivity index (χ1v) is 6.41. The summed E-state index contributed by atoms with van der Waals surface area (Å²) in [6.45, 7) is 1.65. The molecule has 0 spiro atoms. The zero-order chi connectivity index (χ0) is 14.9. The van der Waals surface area contributed by atoms with E-state index in [1.54, 1.807) is 6.92 Å². The maximum Gasteiger partial charge on any atom is 0.246 e. The largest absolute Gasteiger partial charge is 0.299 e. The van der Waals surface area contributed by atoms with Crippen LogP contribution >= 0.6 is 0 Å². The number of likely N-dealkylation sites (tertiary alicyclic amines) is 1. The van der Waals surface area contributed by atoms with Crippen molar-refractivity contribution in [3.63, 3.8) is 0 Å². The fourth-order valence-corrected chi connectivity index (χ4v) is 2.31. The number of rotatable bonds is 3. The molecule has 1 aromatic carbocycles. The van der Waals surface area contributed by atoms with Crippen LogP contribution in [0.2, 0.25) is 0 Å². The van der Waals surface area contributed by atoms with Gasteiger partial charge in [0.25, 0.3) is 0 Å². The van der Waals surface area contributed by atoms with Gasteiger partial charge >= 0.3 is 0 Å². The molecule has 1 aliphatic rings. The highest BCUT2D eigenvalue weighted by molar-refractivity contribution is 6.00. The van der Waals surface area contributed by atoms with Gasteiger partial charge in [-0.15, -0.1) is 0 Å². The molecule has 4 nitrogen and oxygen atoms in total. The lowest BCUT2D eigenvalue weighted by Crippen LogP contribution is -2.51. The zero-order valence-corrected chi connectivity index (χ0v) is 11.3. The van der Waals surface area contributed by atoms with E-state index in [4.69, 9.17) is 0 Å². The van der Waals surface area contributed by atoms with Crippen LogP contribution in [0.25, 0.3) is 0 Å². The van der Waals surface area contributed by atoms with Gasteiger partial charge in [0.15, 0.2) is 0 Å². The maximum atomic E-state index is 13.7. The number of amides is 2. The Morgan fingerprint density at radius 3 is 2.75 bits per heavy atom. The molecule has 1 aliphatic heterocycles. The summed E-state index contributed by atoms with van der Waals surface area (Å²) >= 11 is 0. The average Bonchev–Trinajstić information content (AvgIpc) is 2.42. The van der Waals surface area contributed by atoms with Gasteiger partial charge in [-0.3, -0.25) is 19.8 Å². The van der Waals surface area contributed by atoms with Crippen molar-refractivity contribution in [3.8, 4) is 0 Å². The van der Waals surface area contributed by atoms with Crippen LogP contribution in [0.1, 0.15) is 31.4 Å². The number of carbonyl (C=O) groups excluding carboxylic acids is 2. The summed E-state index contributed by atoms with van der Waals surface area (Å²) in [6, 6.07) is 2.12. The van der Waals surface area contributed by atoms with Gasteiger partial charge in [0.2, 0.25) is 11.8 Å². The predicted molar refractivity (Wildman–Crippen MR) is 68.7 cm³/mol. The van der Waals surface area contributed by atoms with Gasteiger partial charge in [0.05, 0.1) is 6.04 Å². The molecule has 6 heteroatoms. The summed E-state index contributed by atoms with van der Waals surface area (Å²) in [5.41, 5.74) is 0.164. The highest BCUT2D eigenvalue weighted by atomic mass is 19.1. The second kappa shape index (κ2) is 5.66. The summed E-state index contributed by atoms with van der Waals surface area (Å²) in [6.07, 6.45) is 0.627. The molecule has 0 saturated carbocycles. The van der Waals surface area contributed by atoms with E-state index in [2.05, 4.69) is 5.32 Å². The van der Waals surface area contributed by atoms with Gasteiger partial charge in [0.1, 0.15) is 11.6 Å². The van der Waals surface area contributed by atoms with Crippen molar-refractivity contribution in [1.82, 2.24) is 10.2 Å². The minimum absolute atomic E-state index is 0.164. The first kappa shape index (κ1) is 14.6. The number of imide groups is 1. The molecule has 1 heterocycles. The van der Waals surface area contributed by atoms with Crippen molar-refractivity contribution >= 4 is 11.8 Å². The smallest absolute Gasteiger partial charge is 0.246 e. The number of benzene rings is 1. The summed E-state index contributed by atoms with van der Waals surface area (Å²) in [4.78, 5) is 24.4. The molecule has 108 valence electrons. The molecule has 0 bridgehead atoms. The normalized spacial score (nSPS) is 21.2. The summed E-state index contributed by atoms with van der Waals surface area (Å²) < 4.78 is 26.8. The maximum absolute atomic E-state index is 13.7. The van der Waals surface area contributed by atoms with E-state index in [0.717, 1.165) is 23.1 Å². The molecular formula is C14H16F2N2O2. The number of likely N-dealkylation sites (N-methyl/N-ethyl adjacent to an activating group) is 1. The van der Waals surface area contributed by atoms with Gasteiger partial charge < -0.3 is 0 Å². The van der Waals surface area contributed by atoms with Crippen molar-refractivity contribution < 1.29 is 18.4 Å².